The van der Waals surface area contributed by atoms with Gasteiger partial charge in [-0.3, -0.25) is 0 Å². The second kappa shape index (κ2) is 7.16. The Balaban J connectivity index is 1.32. The van der Waals surface area contributed by atoms with E-state index >= 15 is 0 Å². The summed E-state index contributed by atoms with van der Waals surface area (Å²) in [5.41, 5.74) is 1.95. The highest BCUT2D eigenvalue weighted by atomic mass is 19.1. The van der Waals surface area contributed by atoms with Gasteiger partial charge in [0.05, 0.1) is 12.2 Å². The first-order chi connectivity index (χ1) is 14.0. The molecule has 0 radical (unpaired) electrons. The van der Waals surface area contributed by atoms with Gasteiger partial charge in [-0.05, 0) is 105 Å². The van der Waals surface area contributed by atoms with E-state index in [0.717, 1.165) is 23.8 Å². The summed E-state index contributed by atoms with van der Waals surface area (Å²) >= 11 is 0. The molecule has 0 N–H and O–H groups in total. The second-order valence-electron chi connectivity index (χ2n) is 9.19. The van der Waals surface area contributed by atoms with Gasteiger partial charge in [0, 0.05) is 0 Å². The van der Waals surface area contributed by atoms with Gasteiger partial charge in [-0.1, -0.05) is 12.1 Å². The van der Waals surface area contributed by atoms with Gasteiger partial charge in [-0.25, -0.2) is 9.18 Å². The molecule has 0 aliphatic heterocycles. The van der Waals surface area contributed by atoms with E-state index in [1.165, 1.54) is 56.2 Å². The van der Waals surface area contributed by atoms with Crippen molar-refractivity contribution in [1.29, 1.82) is 0 Å². The first-order valence-electron chi connectivity index (χ1n) is 10.8. The van der Waals surface area contributed by atoms with E-state index in [-0.39, 0.29) is 17.9 Å². The van der Waals surface area contributed by atoms with E-state index in [1.54, 1.807) is 6.92 Å². The third-order valence-electron chi connectivity index (χ3n) is 7.18. The van der Waals surface area contributed by atoms with Crippen LogP contribution in [0.3, 0.4) is 0 Å². The van der Waals surface area contributed by atoms with Crippen LogP contribution in [0.2, 0.25) is 0 Å². The van der Waals surface area contributed by atoms with Crippen molar-refractivity contribution in [2.24, 2.45) is 17.8 Å². The van der Waals surface area contributed by atoms with Crippen molar-refractivity contribution in [2.75, 3.05) is 6.61 Å². The van der Waals surface area contributed by atoms with E-state index in [4.69, 9.17) is 9.47 Å². The largest absolute Gasteiger partial charge is 0.462 e. The Morgan fingerprint density at radius 1 is 1.00 bits per heavy atom. The van der Waals surface area contributed by atoms with E-state index in [1.807, 2.05) is 12.1 Å². The Morgan fingerprint density at radius 3 is 2.17 bits per heavy atom. The number of benzene rings is 2. The highest BCUT2D eigenvalue weighted by Gasteiger charge is 2.51. The van der Waals surface area contributed by atoms with Crippen LogP contribution in [0.15, 0.2) is 42.5 Å². The predicted molar refractivity (Wildman–Crippen MR) is 109 cm³/mol. The topological polar surface area (TPSA) is 35.5 Å². The minimum atomic E-state index is -0.569. The number of carbonyl (C=O) groups is 1. The fourth-order valence-corrected chi connectivity index (χ4v) is 6.39. The number of carbonyl (C=O) groups excluding carboxylic acids is 1. The zero-order valence-corrected chi connectivity index (χ0v) is 16.8. The van der Waals surface area contributed by atoms with Crippen LogP contribution >= 0.6 is 0 Å². The van der Waals surface area contributed by atoms with Crippen molar-refractivity contribution in [1.82, 2.24) is 0 Å². The summed E-state index contributed by atoms with van der Waals surface area (Å²) in [6.07, 6.45) is 8.26. The molecule has 0 saturated heterocycles. The van der Waals surface area contributed by atoms with Crippen LogP contribution in [0, 0.1) is 23.6 Å². The Bertz CT molecular complexity index is 883. The zero-order valence-electron chi connectivity index (χ0n) is 16.8. The van der Waals surface area contributed by atoms with E-state index in [0.29, 0.717) is 11.2 Å². The summed E-state index contributed by atoms with van der Waals surface area (Å²) in [5.74, 6) is 2.35. The highest BCUT2D eigenvalue weighted by molar-refractivity contribution is 5.89. The lowest BCUT2D eigenvalue weighted by Crippen LogP contribution is -2.48. The summed E-state index contributed by atoms with van der Waals surface area (Å²) < 4.78 is 25.0. The molecule has 2 aromatic rings. The first kappa shape index (κ1) is 18.7. The van der Waals surface area contributed by atoms with Gasteiger partial charge in [0.25, 0.3) is 0 Å². The molecule has 4 heteroatoms. The maximum Gasteiger partial charge on any atom is 0.338 e. The molecule has 3 nitrogen and oxygen atoms in total. The smallest absolute Gasteiger partial charge is 0.338 e. The van der Waals surface area contributed by atoms with Crippen molar-refractivity contribution in [3.63, 3.8) is 0 Å². The average molecular weight is 394 g/mol. The molecule has 0 amide bonds. The van der Waals surface area contributed by atoms with Crippen LogP contribution in [-0.4, -0.2) is 12.6 Å². The molecule has 4 saturated carbocycles. The van der Waals surface area contributed by atoms with Crippen molar-refractivity contribution in [2.45, 2.75) is 50.9 Å². The van der Waals surface area contributed by atoms with Crippen LogP contribution in [0.25, 0.3) is 0 Å². The lowest BCUT2D eigenvalue weighted by atomic mass is 9.48. The summed E-state index contributed by atoms with van der Waals surface area (Å²) in [6.45, 7) is 1.98. The summed E-state index contributed by atoms with van der Waals surface area (Å²) in [4.78, 5) is 11.7. The van der Waals surface area contributed by atoms with Gasteiger partial charge in [0.1, 0.15) is 5.75 Å². The molecule has 4 aliphatic carbocycles. The molecule has 0 aromatic heterocycles. The minimum Gasteiger partial charge on any atom is -0.462 e. The molecule has 0 heterocycles. The maximum atomic E-state index is 14.4. The normalized spacial score (nSPS) is 29.7. The van der Waals surface area contributed by atoms with Crippen molar-refractivity contribution >= 4 is 5.97 Å². The molecule has 152 valence electrons. The Hall–Kier alpha value is -2.36. The Labute approximate surface area is 171 Å². The molecular formula is C25H27FO3. The Kier molecular flexibility index (Phi) is 4.60. The van der Waals surface area contributed by atoms with E-state index in [9.17, 15) is 9.18 Å². The van der Waals surface area contributed by atoms with Gasteiger partial charge >= 0.3 is 5.97 Å². The van der Waals surface area contributed by atoms with Crippen LogP contribution in [0.4, 0.5) is 4.39 Å². The highest BCUT2D eigenvalue weighted by Crippen LogP contribution is 2.60. The molecular weight excluding hydrogens is 367 g/mol. The fraction of sp³-hybridized carbons (Fsp3) is 0.480. The van der Waals surface area contributed by atoms with Crippen molar-refractivity contribution < 1.29 is 18.7 Å². The van der Waals surface area contributed by atoms with Gasteiger partial charge in [-0.2, -0.15) is 0 Å². The third kappa shape index (κ3) is 3.43. The number of esters is 1. The second-order valence-corrected chi connectivity index (χ2v) is 9.19. The molecule has 4 bridgehead atoms. The molecule has 4 aliphatic rings. The minimum absolute atomic E-state index is 0.112. The van der Waals surface area contributed by atoms with Gasteiger partial charge in [-0.15, -0.1) is 0 Å². The number of halogens is 1. The van der Waals surface area contributed by atoms with Crippen molar-refractivity contribution in [3.05, 3.63) is 59.4 Å². The van der Waals surface area contributed by atoms with Crippen LogP contribution < -0.4 is 4.74 Å². The zero-order chi connectivity index (χ0) is 20.0. The molecule has 0 atom stereocenters. The maximum absolute atomic E-state index is 14.4. The number of rotatable bonds is 5. The molecule has 29 heavy (non-hydrogen) atoms. The summed E-state index contributed by atoms with van der Waals surface area (Å²) in [7, 11) is 0. The van der Waals surface area contributed by atoms with Gasteiger partial charge in [0.2, 0.25) is 0 Å². The molecule has 0 unspecified atom stereocenters. The first-order valence-corrected chi connectivity index (χ1v) is 10.8. The lowest BCUT2D eigenvalue weighted by Gasteiger charge is -2.57. The predicted octanol–water partition coefficient (Wildman–Crippen LogP) is 6.26. The molecule has 2 aromatic carbocycles. The SMILES string of the molecule is CCOC(=O)c1ccc(Oc2ccc(C34CC5CC(CC(C5)C3)C4)cc2)c(F)c1. The molecule has 6 rings (SSSR count). The summed E-state index contributed by atoms with van der Waals surface area (Å²) in [5, 5.41) is 0. The van der Waals surface area contributed by atoms with E-state index in [2.05, 4.69) is 12.1 Å². The average Bonchev–Trinajstić information content (AvgIpc) is 2.69. The summed E-state index contributed by atoms with van der Waals surface area (Å²) in [6, 6.07) is 12.4. The fourth-order valence-electron chi connectivity index (χ4n) is 6.39. The quantitative estimate of drug-likeness (QED) is 0.561. The lowest BCUT2D eigenvalue weighted by molar-refractivity contribution is -0.00520. The van der Waals surface area contributed by atoms with Gasteiger partial charge < -0.3 is 9.47 Å². The van der Waals surface area contributed by atoms with Gasteiger partial charge in [0.15, 0.2) is 11.6 Å². The monoisotopic (exact) mass is 394 g/mol. The molecule has 4 fully saturated rings. The number of hydrogen-bond donors (Lipinski definition) is 0. The van der Waals surface area contributed by atoms with Crippen LogP contribution in [-0.2, 0) is 10.2 Å². The number of hydrogen-bond acceptors (Lipinski definition) is 3. The number of ether oxygens (including phenoxy) is 2. The third-order valence-corrected chi connectivity index (χ3v) is 7.18. The van der Waals surface area contributed by atoms with E-state index < -0.39 is 11.8 Å². The standard InChI is InChI=1S/C25H27FO3/c1-2-28-24(27)19-3-8-23(22(26)12-19)29-21-6-4-20(5-7-21)25-13-16-9-17(14-25)11-18(10-16)15-25/h3-8,12,16-18H,2,9-11,13-15H2,1H3. The van der Waals surface area contributed by atoms with Crippen LogP contribution in [0.1, 0.15) is 61.4 Å². The van der Waals surface area contributed by atoms with Crippen LogP contribution in [0.5, 0.6) is 11.5 Å². The van der Waals surface area contributed by atoms with Crippen molar-refractivity contribution in [3.8, 4) is 11.5 Å². The molecule has 0 spiro atoms. The Morgan fingerprint density at radius 2 is 1.62 bits per heavy atom.